The lowest BCUT2D eigenvalue weighted by molar-refractivity contribution is 0.476. The number of benzene rings is 2. The van der Waals surface area contributed by atoms with Crippen LogP contribution in [-0.4, -0.2) is 5.11 Å². The first-order valence-electron chi connectivity index (χ1n) is 6.17. The van der Waals surface area contributed by atoms with Gasteiger partial charge in [-0.1, -0.05) is 45.4 Å². The molecule has 0 aliphatic heterocycles. The van der Waals surface area contributed by atoms with E-state index in [9.17, 15) is 9.50 Å². The summed E-state index contributed by atoms with van der Waals surface area (Å²) in [6.45, 7) is 9.79. The summed E-state index contributed by atoms with van der Waals surface area (Å²) in [4.78, 5) is 0. The number of hydrogen-bond acceptors (Lipinski definition) is 1. The number of aromatic hydroxyl groups is 1. The molecule has 100 valence electrons. The number of halogens is 2. The van der Waals surface area contributed by atoms with Crippen molar-refractivity contribution in [1.29, 1.82) is 0 Å². The summed E-state index contributed by atoms with van der Waals surface area (Å²) in [5.41, 5.74) is 0.768. The summed E-state index contributed by atoms with van der Waals surface area (Å²) in [6.07, 6.45) is 0. The highest BCUT2D eigenvalue weighted by Gasteiger charge is 2.08. The molecule has 0 spiro atoms. The molecule has 3 heteroatoms. The molecule has 0 aliphatic rings. The first kappa shape index (κ1) is 16.7. The lowest BCUT2D eigenvalue weighted by Gasteiger charge is -2.05. The molecule has 2 rings (SSSR count). The lowest BCUT2D eigenvalue weighted by Crippen LogP contribution is -1.84. The fourth-order valence-electron chi connectivity index (χ4n) is 1.58. The average Bonchev–Trinajstić information content (AvgIpc) is 2.38. The van der Waals surface area contributed by atoms with Crippen LogP contribution >= 0.6 is 11.6 Å². The van der Waals surface area contributed by atoms with E-state index in [1.807, 2.05) is 27.7 Å². The number of aryl methyl sites for hydroxylation is 1. The van der Waals surface area contributed by atoms with E-state index < -0.39 is 5.82 Å². The van der Waals surface area contributed by atoms with Gasteiger partial charge in [0.1, 0.15) is 11.6 Å². The van der Waals surface area contributed by atoms with E-state index in [1.165, 1.54) is 6.07 Å². The molecule has 0 fully saturated rings. The molecule has 1 nitrogen and oxygen atoms in total. The molecule has 18 heavy (non-hydrogen) atoms. The maximum atomic E-state index is 13.1. The van der Waals surface area contributed by atoms with E-state index in [2.05, 4.69) is 0 Å². The van der Waals surface area contributed by atoms with Crippen molar-refractivity contribution in [3.05, 3.63) is 40.7 Å². The number of phenols is 1. The first-order valence-corrected chi connectivity index (χ1v) is 6.54. The zero-order valence-corrected chi connectivity index (χ0v) is 12.3. The molecule has 0 unspecified atom stereocenters. The highest BCUT2D eigenvalue weighted by Crippen LogP contribution is 2.31. The minimum atomic E-state index is -0.437. The molecule has 0 heterocycles. The molecule has 0 radical (unpaired) electrons. The van der Waals surface area contributed by atoms with Gasteiger partial charge in [0.25, 0.3) is 0 Å². The van der Waals surface area contributed by atoms with Crippen LogP contribution in [-0.2, 0) is 0 Å². The minimum absolute atomic E-state index is 0.111. The van der Waals surface area contributed by atoms with Gasteiger partial charge >= 0.3 is 0 Å². The van der Waals surface area contributed by atoms with Gasteiger partial charge in [0.05, 0.1) is 5.02 Å². The molecule has 2 aromatic rings. The Balaban J connectivity index is 0.000000659. The quantitative estimate of drug-likeness (QED) is 0.651. The van der Waals surface area contributed by atoms with Crippen LogP contribution in [0.15, 0.2) is 24.3 Å². The van der Waals surface area contributed by atoms with Gasteiger partial charge in [0.15, 0.2) is 0 Å². The van der Waals surface area contributed by atoms with Crippen LogP contribution in [0.2, 0.25) is 5.02 Å². The maximum absolute atomic E-state index is 13.1. The average molecular weight is 271 g/mol. The van der Waals surface area contributed by atoms with Gasteiger partial charge in [-0.25, -0.2) is 4.39 Å². The molecule has 2 aromatic carbocycles. The Labute approximate surface area is 113 Å². The van der Waals surface area contributed by atoms with E-state index in [-0.39, 0.29) is 10.8 Å². The normalized spacial score (nSPS) is 9.06. The van der Waals surface area contributed by atoms with Crippen LogP contribution in [0.5, 0.6) is 5.75 Å². The van der Waals surface area contributed by atoms with Crippen molar-refractivity contribution < 1.29 is 9.50 Å². The molecule has 0 saturated carbocycles. The number of fused-ring (bicyclic) bond motifs is 1. The summed E-state index contributed by atoms with van der Waals surface area (Å²) in [5, 5.41) is 10.8. The summed E-state index contributed by atoms with van der Waals surface area (Å²) < 4.78 is 13.1. The van der Waals surface area contributed by atoms with Gasteiger partial charge in [0.2, 0.25) is 0 Å². The zero-order valence-electron chi connectivity index (χ0n) is 11.5. The Kier molecular flexibility index (Phi) is 7.37. The van der Waals surface area contributed by atoms with Crippen molar-refractivity contribution in [2.45, 2.75) is 34.6 Å². The van der Waals surface area contributed by atoms with Crippen molar-refractivity contribution in [3.63, 3.8) is 0 Å². The second kappa shape index (κ2) is 7.93. The largest absolute Gasteiger partial charge is 0.508 e. The van der Waals surface area contributed by atoms with Crippen molar-refractivity contribution in [2.75, 3.05) is 0 Å². The fraction of sp³-hybridized carbons (Fsp3) is 0.333. The summed E-state index contributed by atoms with van der Waals surface area (Å²) in [6, 6.07) is 6.02. The van der Waals surface area contributed by atoms with Crippen LogP contribution in [0.4, 0.5) is 4.39 Å². The van der Waals surface area contributed by atoms with E-state index in [4.69, 9.17) is 11.6 Å². The SMILES string of the molecule is CC.CC.Cc1cc(O)cc2ccc(F)c(Cl)c12. The molecular formula is C15H20ClFO. The van der Waals surface area contributed by atoms with Crippen LogP contribution in [0.25, 0.3) is 10.8 Å². The maximum Gasteiger partial charge on any atom is 0.142 e. The topological polar surface area (TPSA) is 20.2 Å². The summed E-state index contributed by atoms with van der Waals surface area (Å²) in [5.74, 6) is -0.273. The predicted molar refractivity (Wildman–Crippen MR) is 78.0 cm³/mol. The molecule has 0 saturated heterocycles. The third-order valence-electron chi connectivity index (χ3n) is 2.19. The molecule has 1 N–H and O–H groups in total. The highest BCUT2D eigenvalue weighted by atomic mass is 35.5. The zero-order chi connectivity index (χ0) is 14.3. The van der Waals surface area contributed by atoms with Gasteiger partial charge in [-0.05, 0) is 36.1 Å². The second-order valence-corrected chi connectivity index (χ2v) is 3.60. The fourth-order valence-corrected chi connectivity index (χ4v) is 1.90. The monoisotopic (exact) mass is 270 g/mol. The van der Waals surface area contributed by atoms with Crippen molar-refractivity contribution in [2.24, 2.45) is 0 Å². The standard InChI is InChI=1S/C11H8ClFO.2C2H6/c1-6-4-8(14)5-7-2-3-9(13)11(12)10(6)7;2*1-2/h2-5,14H,1H3;2*1-2H3. The Morgan fingerprint density at radius 1 is 1.06 bits per heavy atom. The number of hydrogen-bond donors (Lipinski definition) is 1. The van der Waals surface area contributed by atoms with E-state index in [0.29, 0.717) is 5.39 Å². The summed E-state index contributed by atoms with van der Waals surface area (Å²) in [7, 11) is 0. The second-order valence-electron chi connectivity index (χ2n) is 3.22. The van der Waals surface area contributed by atoms with Gasteiger partial charge in [-0.15, -0.1) is 0 Å². The molecule has 0 atom stereocenters. The predicted octanol–water partition coefficient (Wildman–Crippen LogP) is 5.70. The Morgan fingerprint density at radius 3 is 2.17 bits per heavy atom. The Hall–Kier alpha value is -1.28. The lowest BCUT2D eigenvalue weighted by atomic mass is 10.0. The Morgan fingerprint density at radius 2 is 1.61 bits per heavy atom. The molecule has 0 bridgehead atoms. The highest BCUT2D eigenvalue weighted by molar-refractivity contribution is 6.36. The van der Waals surface area contributed by atoms with Gasteiger partial charge in [-0.2, -0.15) is 0 Å². The van der Waals surface area contributed by atoms with Crippen molar-refractivity contribution in [1.82, 2.24) is 0 Å². The van der Waals surface area contributed by atoms with E-state index in [0.717, 1.165) is 10.9 Å². The van der Waals surface area contributed by atoms with Gasteiger partial charge in [-0.3, -0.25) is 0 Å². The van der Waals surface area contributed by atoms with E-state index >= 15 is 0 Å². The van der Waals surface area contributed by atoms with Crippen LogP contribution < -0.4 is 0 Å². The summed E-state index contributed by atoms with van der Waals surface area (Å²) >= 11 is 5.83. The Bertz CT molecular complexity index is 509. The van der Waals surface area contributed by atoms with Crippen LogP contribution in [0.3, 0.4) is 0 Å². The van der Waals surface area contributed by atoms with Crippen molar-refractivity contribution in [3.8, 4) is 5.75 Å². The first-order chi connectivity index (χ1) is 8.59. The third kappa shape index (κ3) is 3.61. The molecule has 0 aromatic heterocycles. The molecule has 0 aliphatic carbocycles. The van der Waals surface area contributed by atoms with E-state index in [1.54, 1.807) is 25.1 Å². The van der Waals surface area contributed by atoms with Gasteiger partial charge in [0, 0.05) is 5.39 Å². The molecular weight excluding hydrogens is 251 g/mol. The van der Waals surface area contributed by atoms with Crippen LogP contribution in [0.1, 0.15) is 33.3 Å². The van der Waals surface area contributed by atoms with Crippen molar-refractivity contribution >= 4 is 22.4 Å². The number of rotatable bonds is 0. The third-order valence-corrected chi connectivity index (χ3v) is 2.56. The minimum Gasteiger partial charge on any atom is -0.508 e. The van der Waals surface area contributed by atoms with Crippen LogP contribution in [0, 0.1) is 12.7 Å². The smallest absolute Gasteiger partial charge is 0.142 e. The molecule has 0 amide bonds. The van der Waals surface area contributed by atoms with Gasteiger partial charge < -0.3 is 5.11 Å². The number of phenolic OH excluding ortho intramolecular Hbond substituents is 1.